The summed E-state index contributed by atoms with van der Waals surface area (Å²) < 4.78 is 38.8. The number of hydrogen-bond acceptors (Lipinski definition) is 5. The molecule has 0 aromatic heterocycles. The highest BCUT2D eigenvalue weighted by Crippen LogP contribution is 2.38. The first-order chi connectivity index (χ1) is 15.0. The number of halogens is 2. The number of rotatable bonds is 4. The van der Waals surface area contributed by atoms with Gasteiger partial charge in [-0.3, -0.25) is 9.59 Å². The summed E-state index contributed by atoms with van der Waals surface area (Å²) >= 11 is 0. The summed E-state index contributed by atoms with van der Waals surface area (Å²) in [6.45, 7) is 0.0841. The van der Waals surface area contributed by atoms with Crippen LogP contribution in [0, 0.1) is 11.6 Å². The predicted molar refractivity (Wildman–Crippen MR) is 108 cm³/mol. The van der Waals surface area contributed by atoms with E-state index in [9.17, 15) is 18.4 Å². The summed E-state index contributed by atoms with van der Waals surface area (Å²) in [5, 5.41) is 2.95. The summed E-state index contributed by atoms with van der Waals surface area (Å²) in [6.07, 6.45) is 0. The molecule has 2 amide bonds. The molecule has 0 unspecified atom stereocenters. The first-order valence-corrected chi connectivity index (χ1v) is 9.33. The van der Waals surface area contributed by atoms with Gasteiger partial charge in [0.15, 0.2) is 11.5 Å². The summed E-state index contributed by atoms with van der Waals surface area (Å²) in [7, 11) is 0. The summed E-state index contributed by atoms with van der Waals surface area (Å²) in [6, 6.07) is 16.1. The van der Waals surface area contributed by atoms with Crippen molar-refractivity contribution in [3.05, 3.63) is 89.6 Å². The van der Waals surface area contributed by atoms with E-state index in [-0.39, 0.29) is 18.1 Å². The van der Waals surface area contributed by atoms with E-state index in [2.05, 4.69) is 5.32 Å². The monoisotopic (exact) mass is 420 g/mol. The number of hydrogen-bond donors (Lipinski definition) is 1. The fraction of sp³-hybridized carbons (Fsp3) is 0.0435. The smallest absolute Gasteiger partial charge is 0.282 e. The summed E-state index contributed by atoms with van der Waals surface area (Å²) in [4.78, 5) is 27.1. The molecule has 0 aliphatic carbocycles. The maximum Gasteiger partial charge on any atom is 0.282 e. The molecule has 0 saturated heterocycles. The van der Waals surface area contributed by atoms with Gasteiger partial charge in [-0.1, -0.05) is 30.3 Å². The zero-order chi connectivity index (χ0) is 21.5. The third-order valence-electron chi connectivity index (χ3n) is 4.94. The van der Waals surface area contributed by atoms with Gasteiger partial charge in [0.2, 0.25) is 6.79 Å². The second-order valence-electron chi connectivity index (χ2n) is 6.85. The number of carbonyl (C=O) groups excluding carboxylic acids is 2. The molecular weight excluding hydrogens is 406 g/mol. The van der Waals surface area contributed by atoms with Crippen LogP contribution in [0.15, 0.2) is 72.4 Å². The molecule has 0 bridgehead atoms. The van der Waals surface area contributed by atoms with Crippen molar-refractivity contribution in [2.45, 2.75) is 0 Å². The number of benzene rings is 3. The lowest BCUT2D eigenvalue weighted by molar-refractivity contribution is -0.120. The normalized spacial score (nSPS) is 15.1. The van der Waals surface area contributed by atoms with Gasteiger partial charge in [0, 0.05) is 17.8 Å². The van der Waals surface area contributed by atoms with Crippen molar-refractivity contribution in [3.8, 4) is 11.5 Å². The fourth-order valence-corrected chi connectivity index (χ4v) is 3.51. The highest BCUT2D eigenvalue weighted by Gasteiger charge is 2.41. The number of nitrogens with zero attached hydrogens (tertiary/aromatic N) is 1. The maximum atomic E-state index is 14.4. The third-order valence-corrected chi connectivity index (χ3v) is 4.94. The largest absolute Gasteiger partial charge is 0.454 e. The molecule has 0 atom stereocenters. The number of carbonyl (C=O) groups is 2. The molecule has 2 aliphatic rings. The second kappa shape index (κ2) is 7.24. The number of imide groups is 1. The maximum absolute atomic E-state index is 14.4. The van der Waals surface area contributed by atoms with Crippen LogP contribution >= 0.6 is 0 Å². The van der Waals surface area contributed by atoms with Crippen LogP contribution in [-0.2, 0) is 9.59 Å². The Morgan fingerprint density at radius 1 is 0.839 bits per heavy atom. The minimum Gasteiger partial charge on any atom is -0.454 e. The van der Waals surface area contributed by atoms with Crippen LogP contribution in [-0.4, -0.2) is 18.6 Å². The van der Waals surface area contributed by atoms with Crippen LogP contribution in [0.3, 0.4) is 0 Å². The highest BCUT2D eigenvalue weighted by atomic mass is 19.1. The lowest BCUT2D eigenvalue weighted by Gasteiger charge is -2.16. The van der Waals surface area contributed by atoms with E-state index < -0.39 is 29.1 Å². The van der Waals surface area contributed by atoms with Gasteiger partial charge in [0.05, 0.1) is 11.3 Å². The van der Waals surface area contributed by atoms with Gasteiger partial charge in [-0.2, -0.15) is 0 Å². The van der Waals surface area contributed by atoms with Gasteiger partial charge in [0.25, 0.3) is 11.8 Å². The Kier molecular flexibility index (Phi) is 4.39. The van der Waals surface area contributed by atoms with Crippen LogP contribution in [0.2, 0.25) is 0 Å². The van der Waals surface area contributed by atoms with Gasteiger partial charge in [-0.05, 0) is 29.8 Å². The van der Waals surface area contributed by atoms with Crippen molar-refractivity contribution in [2.75, 3.05) is 17.0 Å². The lowest BCUT2D eigenvalue weighted by atomic mass is 10.0. The molecule has 0 radical (unpaired) electrons. The minimum atomic E-state index is -0.889. The standard InChI is InChI=1S/C23H14F2N2O4/c24-14-6-8-16(25)17(10-14)27-22(28)20(13-4-2-1-3-5-13)21(23(27)29)26-15-7-9-18-19(11-15)31-12-30-18/h1-11,26H,12H2. The Hall–Kier alpha value is -4.20. The molecule has 2 heterocycles. The third kappa shape index (κ3) is 3.18. The Bertz CT molecular complexity index is 1260. The zero-order valence-electron chi connectivity index (χ0n) is 15.9. The van der Waals surface area contributed by atoms with Crippen LogP contribution in [0.25, 0.3) is 5.57 Å². The summed E-state index contributed by atoms with van der Waals surface area (Å²) in [5.41, 5.74) is 0.468. The number of fused-ring (bicyclic) bond motifs is 1. The number of nitrogens with one attached hydrogen (secondary N) is 1. The molecule has 0 fully saturated rings. The minimum absolute atomic E-state index is 0.0481. The molecule has 5 rings (SSSR count). The van der Waals surface area contributed by atoms with Crippen molar-refractivity contribution in [2.24, 2.45) is 0 Å². The van der Waals surface area contributed by atoms with Gasteiger partial charge >= 0.3 is 0 Å². The van der Waals surface area contributed by atoms with Gasteiger partial charge in [0.1, 0.15) is 17.3 Å². The Morgan fingerprint density at radius 3 is 2.42 bits per heavy atom. The lowest BCUT2D eigenvalue weighted by Crippen LogP contribution is -2.33. The highest BCUT2D eigenvalue weighted by molar-refractivity contribution is 6.46. The van der Waals surface area contributed by atoms with Crippen LogP contribution < -0.4 is 19.7 Å². The fourth-order valence-electron chi connectivity index (χ4n) is 3.51. The first-order valence-electron chi connectivity index (χ1n) is 9.33. The Labute approximate surface area is 175 Å². The Morgan fingerprint density at radius 2 is 1.61 bits per heavy atom. The predicted octanol–water partition coefficient (Wildman–Crippen LogP) is 4.09. The van der Waals surface area contributed by atoms with E-state index in [0.717, 1.165) is 18.2 Å². The number of ether oxygens (including phenoxy) is 2. The van der Waals surface area contributed by atoms with E-state index in [0.29, 0.717) is 27.6 Å². The quantitative estimate of drug-likeness (QED) is 0.644. The summed E-state index contributed by atoms with van der Waals surface area (Å²) in [5.74, 6) is -2.18. The molecule has 0 spiro atoms. The first kappa shape index (κ1) is 18.8. The van der Waals surface area contributed by atoms with Gasteiger partial charge < -0.3 is 14.8 Å². The molecule has 3 aromatic carbocycles. The topological polar surface area (TPSA) is 67.9 Å². The Balaban J connectivity index is 1.61. The van der Waals surface area contributed by atoms with Crippen LogP contribution in [0.4, 0.5) is 20.2 Å². The molecular formula is C23H14F2N2O4. The van der Waals surface area contributed by atoms with Crippen LogP contribution in [0.5, 0.6) is 11.5 Å². The molecule has 31 heavy (non-hydrogen) atoms. The molecule has 3 aromatic rings. The van der Waals surface area contributed by atoms with Crippen LogP contribution in [0.1, 0.15) is 5.56 Å². The van der Waals surface area contributed by atoms with Gasteiger partial charge in [-0.15, -0.1) is 0 Å². The van der Waals surface area contributed by atoms with E-state index in [1.807, 2.05) is 0 Å². The molecule has 0 saturated carbocycles. The van der Waals surface area contributed by atoms with E-state index in [4.69, 9.17) is 9.47 Å². The molecule has 6 nitrogen and oxygen atoms in total. The van der Waals surface area contributed by atoms with E-state index in [1.165, 1.54) is 0 Å². The average Bonchev–Trinajstić information content (AvgIpc) is 3.33. The van der Waals surface area contributed by atoms with Crippen molar-refractivity contribution in [3.63, 3.8) is 0 Å². The second-order valence-corrected chi connectivity index (χ2v) is 6.85. The number of amides is 2. The number of anilines is 2. The van der Waals surface area contributed by atoms with Crippen molar-refractivity contribution in [1.29, 1.82) is 0 Å². The molecule has 1 N–H and O–H groups in total. The van der Waals surface area contributed by atoms with Gasteiger partial charge in [-0.25, -0.2) is 13.7 Å². The van der Waals surface area contributed by atoms with E-state index in [1.54, 1.807) is 48.5 Å². The molecule has 154 valence electrons. The van der Waals surface area contributed by atoms with Crippen molar-refractivity contribution >= 4 is 28.8 Å². The average molecular weight is 420 g/mol. The van der Waals surface area contributed by atoms with E-state index >= 15 is 0 Å². The van der Waals surface area contributed by atoms with Crippen molar-refractivity contribution < 1.29 is 27.8 Å². The SMILES string of the molecule is O=C1C(Nc2ccc3c(c2)OCO3)=C(c2ccccc2)C(=O)N1c1cc(F)ccc1F. The molecule has 2 aliphatic heterocycles. The van der Waals surface area contributed by atoms with Crippen molar-refractivity contribution in [1.82, 2.24) is 0 Å². The zero-order valence-corrected chi connectivity index (χ0v) is 15.9. The molecule has 8 heteroatoms.